The molecular weight excluding hydrogens is 178 g/mol. The van der Waals surface area contributed by atoms with Gasteiger partial charge in [-0.15, -0.1) is 0 Å². The second kappa shape index (κ2) is 3.56. The summed E-state index contributed by atoms with van der Waals surface area (Å²) in [7, 11) is 0. The zero-order chi connectivity index (χ0) is 9.14. The van der Waals surface area contributed by atoms with E-state index in [-0.39, 0.29) is 0 Å². The van der Waals surface area contributed by atoms with Crippen LogP contribution in [0.1, 0.15) is 11.7 Å². The van der Waals surface area contributed by atoms with E-state index in [1.54, 1.807) is 18.2 Å². The van der Waals surface area contributed by atoms with Gasteiger partial charge in [0.05, 0.1) is 0 Å². The van der Waals surface area contributed by atoms with E-state index in [0.717, 1.165) is 0 Å². The fourth-order valence-electron chi connectivity index (χ4n) is 0.841. The van der Waals surface area contributed by atoms with Crippen LogP contribution in [0.15, 0.2) is 24.3 Å². The van der Waals surface area contributed by atoms with Gasteiger partial charge in [0.25, 0.3) is 5.91 Å². The molecule has 1 rings (SSSR count). The van der Waals surface area contributed by atoms with E-state index in [4.69, 9.17) is 17.3 Å². The molecule has 0 unspecified atom stereocenters. The van der Waals surface area contributed by atoms with Gasteiger partial charge in [-0.2, -0.15) is 0 Å². The van der Waals surface area contributed by atoms with Crippen LogP contribution in [0, 0.1) is 0 Å². The fraction of sp³-hybridized carbons (Fsp3) is 0.125. The Labute approximate surface area is 74.8 Å². The molecule has 0 aliphatic carbocycles. The number of rotatable bonds is 2. The van der Waals surface area contributed by atoms with Gasteiger partial charge in [0.2, 0.25) is 0 Å². The number of hydrogen-bond acceptors (Lipinski definition) is 2. The van der Waals surface area contributed by atoms with Crippen molar-refractivity contribution in [3.63, 3.8) is 0 Å². The van der Waals surface area contributed by atoms with Gasteiger partial charge in [0.15, 0.2) is 6.10 Å². The molecule has 0 saturated heterocycles. The van der Waals surface area contributed by atoms with Crippen molar-refractivity contribution < 1.29 is 9.90 Å². The highest BCUT2D eigenvalue weighted by Crippen LogP contribution is 2.16. The number of primary amides is 1. The highest BCUT2D eigenvalue weighted by atomic mass is 35.5. The van der Waals surface area contributed by atoms with Crippen LogP contribution in [0.2, 0.25) is 5.02 Å². The average molecular weight is 186 g/mol. The lowest BCUT2D eigenvalue weighted by Gasteiger charge is -2.05. The summed E-state index contributed by atoms with van der Waals surface area (Å²) in [5.74, 6) is -0.780. The molecule has 0 radical (unpaired) electrons. The molecule has 0 aromatic heterocycles. The maximum Gasteiger partial charge on any atom is 0.250 e. The van der Waals surface area contributed by atoms with E-state index in [9.17, 15) is 9.90 Å². The lowest BCUT2D eigenvalue weighted by molar-refractivity contribution is -0.126. The normalized spacial score (nSPS) is 12.5. The summed E-state index contributed by atoms with van der Waals surface area (Å²) in [5, 5.41) is 9.65. The molecule has 3 nitrogen and oxygen atoms in total. The smallest absolute Gasteiger partial charge is 0.250 e. The minimum Gasteiger partial charge on any atom is -0.378 e. The molecule has 1 aromatic carbocycles. The number of benzene rings is 1. The van der Waals surface area contributed by atoms with Crippen molar-refractivity contribution in [3.05, 3.63) is 34.9 Å². The molecule has 0 aliphatic heterocycles. The molecule has 1 aromatic rings. The van der Waals surface area contributed by atoms with E-state index >= 15 is 0 Å². The number of carbonyl (C=O) groups is 1. The van der Waals surface area contributed by atoms with Crippen LogP contribution in [0.4, 0.5) is 0 Å². The Morgan fingerprint density at radius 2 is 2.25 bits per heavy atom. The first kappa shape index (κ1) is 9.03. The topological polar surface area (TPSA) is 63.3 Å². The maximum atomic E-state index is 10.5. The van der Waals surface area contributed by atoms with E-state index in [1.807, 2.05) is 0 Å². The summed E-state index contributed by atoms with van der Waals surface area (Å²) in [6, 6.07) is 6.38. The minimum atomic E-state index is -1.27. The quantitative estimate of drug-likeness (QED) is 0.718. The third-order valence-corrected chi connectivity index (χ3v) is 1.67. The Kier molecular flexibility index (Phi) is 2.68. The van der Waals surface area contributed by atoms with Crippen LogP contribution >= 0.6 is 11.6 Å². The highest BCUT2D eigenvalue weighted by molar-refractivity contribution is 6.30. The first-order chi connectivity index (χ1) is 5.61. The van der Waals surface area contributed by atoms with E-state index in [1.165, 1.54) is 6.07 Å². The van der Waals surface area contributed by atoms with Crippen LogP contribution in [-0.2, 0) is 4.79 Å². The standard InChI is InChI=1S/C8H8ClNO2/c9-6-3-1-2-5(4-6)7(11)8(10)12/h1-4,7,11H,(H2,10,12)/t7-/m0/s1. The van der Waals surface area contributed by atoms with E-state index in [0.29, 0.717) is 10.6 Å². The molecule has 0 heterocycles. The third-order valence-electron chi connectivity index (χ3n) is 1.43. The van der Waals surface area contributed by atoms with E-state index in [2.05, 4.69) is 0 Å². The predicted octanol–water partition coefficient (Wildman–Crippen LogP) is 0.859. The number of amides is 1. The van der Waals surface area contributed by atoms with Gasteiger partial charge in [0.1, 0.15) is 0 Å². The van der Waals surface area contributed by atoms with Gasteiger partial charge < -0.3 is 10.8 Å². The monoisotopic (exact) mass is 185 g/mol. The molecule has 0 bridgehead atoms. The van der Waals surface area contributed by atoms with Crippen LogP contribution in [0.5, 0.6) is 0 Å². The molecule has 3 N–H and O–H groups in total. The largest absolute Gasteiger partial charge is 0.378 e. The summed E-state index contributed by atoms with van der Waals surface area (Å²) >= 11 is 5.63. The van der Waals surface area contributed by atoms with E-state index < -0.39 is 12.0 Å². The molecule has 4 heteroatoms. The summed E-state index contributed by atoms with van der Waals surface area (Å²) in [5.41, 5.74) is 5.30. The Morgan fingerprint density at radius 1 is 1.58 bits per heavy atom. The molecule has 0 aliphatic rings. The molecule has 1 amide bonds. The zero-order valence-corrected chi connectivity index (χ0v) is 6.95. The Bertz CT molecular complexity index is 301. The number of aliphatic hydroxyl groups excluding tert-OH is 1. The minimum absolute atomic E-state index is 0.412. The van der Waals surface area contributed by atoms with Gasteiger partial charge in [0, 0.05) is 5.02 Å². The van der Waals surface area contributed by atoms with Gasteiger partial charge in [-0.3, -0.25) is 4.79 Å². The number of nitrogens with two attached hydrogens (primary N) is 1. The molecule has 64 valence electrons. The zero-order valence-electron chi connectivity index (χ0n) is 6.20. The molecule has 0 saturated carbocycles. The van der Waals surface area contributed by atoms with Crippen LogP contribution in [0.25, 0.3) is 0 Å². The Hall–Kier alpha value is -1.06. The number of halogens is 1. The van der Waals surface area contributed by atoms with Crippen molar-refractivity contribution in [2.75, 3.05) is 0 Å². The molecular formula is C8H8ClNO2. The van der Waals surface area contributed by atoms with Gasteiger partial charge in [-0.05, 0) is 17.7 Å². The molecule has 0 spiro atoms. The van der Waals surface area contributed by atoms with Crippen molar-refractivity contribution >= 4 is 17.5 Å². The second-order valence-corrected chi connectivity index (χ2v) is 2.80. The molecule has 0 fully saturated rings. The molecule has 12 heavy (non-hydrogen) atoms. The number of carbonyl (C=O) groups excluding carboxylic acids is 1. The van der Waals surface area contributed by atoms with Crippen LogP contribution in [0.3, 0.4) is 0 Å². The van der Waals surface area contributed by atoms with Crippen LogP contribution in [-0.4, -0.2) is 11.0 Å². The summed E-state index contributed by atoms with van der Waals surface area (Å²) in [6.07, 6.45) is -1.27. The Morgan fingerprint density at radius 3 is 2.75 bits per heavy atom. The predicted molar refractivity (Wildman–Crippen MR) is 45.6 cm³/mol. The lowest BCUT2D eigenvalue weighted by atomic mass is 10.1. The Balaban J connectivity index is 2.95. The molecule has 1 atom stereocenters. The SMILES string of the molecule is NC(=O)[C@@H](O)c1cccc(Cl)c1. The summed E-state index contributed by atoms with van der Waals surface area (Å²) in [4.78, 5) is 10.5. The first-order valence-corrected chi connectivity index (χ1v) is 3.72. The summed E-state index contributed by atoms with van der Waals surface area (Å²) < 4.78 is 0. The van der Waals surface area contributed by atoms with Gasteiger partial charge >= 0.3 is 0 Å². The van der Waals surface area contributed by atoms with Crippen molar-refractivity contribution in [2.24, 2.45) is 5.73 Å². The van der Waals surface area contributed by atoms with Crippen LogP contribution < -0.4 is 5.73 Å². The second-order valence-electron chi connectivity index (χ2n) is 2.36. The van der Waals surface area contributed by atoms with Crippen molar-refractivity contribution in [1.29, 1.82) is 0 Å². The third kappa shape index (κ3) is 1.96. The van der Waals surface area contributed by atoms with Crippen molar-refractivity contribution in [2.45, 2.75) is 6.10 Å². The average Bonchev–Trinajstić information content (AvgIpc) is 2.03. The first-order valence-electron chi connectivity index (χ1n) is 3.34. The fourth-order valence-corrected chi connectivity index (χ4v) is 1.04. The van der Waals surface area contributed by atoms with Gasteiger partial charge in [-0.1, -0.05) is 23.7 Å². The lowest BCUT2D eigenvalue weighted by Crippen LogP contribution is -2.20. The van der Waals surface area contributed by atoms with Gasteiger partial charge in [-0.25, -0.2) is 0 Å². The number of hydrogen-bond donors (Lipinski definition) is 2. The highest BCUT2D eigenvalue weighted by Gasteiger charge is 2.12. The van der Waals surface area contributed by atoms with Crippen molar-refractivity contribution in [1.82, 2.24) is 0 Å². The summed E-state index contributed by atoms with van der Waals surface area (Å²) in [6.45, 7) is 0. The van der Waals surface area contributed by atoms with Crippen molar-refractivity contribution in [3.8, 4) is 0 Å². The maximum absolute atomic E-state index is 10.5. The number of aliphatic hydroxyl groups is 1.